The van der Waals surface area contributed by atoms with Crippen molar-refractivity contribution in [2.24, 2.45) is 9.98 Å². The molecular formula is C5H8N2S. The van der Waals surface area contributed by atoms with Crippen LogP contribution >= 0.6 is 12.6 Å². The average Bonchev–Trinajstić information content (AvgIpc) is 1.83. The molecule has 0 rings (SSSR count). The normalized spacial score (nSPS) is 10.9. The number of thiol groups is 1. The minimum Gasteiger partial charge on any atom is -0.271 e. The van der Waals surface area contributed by atoms with Crippen LogP contribution in [0.25, 0.3) is 0 Å². The van der Waals surface area contributed by atoms with Crippen LogP contribution in [0.1, 0.15) is 0 Å². The van der Waals surface area contributed by atoms with Crippen molar-refractivity contribution in [3.63, 3.8) is 0 Å². The summed E-state index contributed by atoms with van der Waals surface area (Å²) in [6.07, 6.45) is 1.53. The van der Waals surface area contributed by atoms with E-state index in [2.05, 4.69) is 36.0 Å². The molecule has 8 heavy (non-hydrogen) atoms. The average molecular weight is 128 g/mol. The van der Waals surface area contributed by atoms with Crippen molar-refractivity contribution >= 4 is 26.1 Å². The van der Waals surface area contributed by atoms with Crippen LogP contribution in [0.3, 0.4) is 0 Å². The van der Waals surface area contributed by atoms with E-state index in [1.165, 1.54) is 6.20 Å². The number of aliphatic imine (C=N–C) groups is 2. The summed E-state index contributed by atoms with van der Waals surface area (Å²) in [5.41, 5.74) is 0.739. The molecule has 0 spiro atoms. The maximum absolute atomic E-state index is 3.94. The molecule has 0 aromatic heterocycles. The van der Waals surface area contributed by atoms with E-state index in [9.17, 15) is 0 Å². The lowest BCUT2D eigenvalue weighted by molar-refractivity contribution is 1.31. The second-order valence-electron chi connectivity index (χ2n) is 1.12. The Balaban J connectivity index is 3.84. The van der Waals surface area contributed by atoms with Crippen molar-refractivity contribution in [1.29, 1.82) is 0 Å². The van der Waals surface area contributed by atoms with Crippen molar-refractivity contribution in [1.82, 2.24) is 0 Å². The molecule has 2 nitrogen and oxygen atoms in total. The van der Waals surface area contributed by atoms with Gasteiger partial charge in [0.1, 0.15) is 0 Å². The van der Waals surface area contributed by atoms with Crippen molar-refractivity contribution in [3.8, 4) is 0 Å². The summed E-state index contributed by atoms with van der Waals surface area (Å²) in [6, 6.07) is 0. The Hall–Kier alpha value is -0.570. The highest BCUT2D eigenvalue weighted by Gasteiger charge is 1.82. The molecule has 0 unspecified atom stereocenters. The van der Waals surface area contributed by atoms with E-state index >= 15 is 0 Å². The minimum absolute atomic E-state index is 0.558. The van der Waals surface area contributed by atoms with Gasteiger partial charge >= 0.3 is 0 Å². The smallest absolute Gasteiger partial charge is 0.0674 e. The second kappa shape index (κ2) is 4.59. The Bertz CT molecular complexity index is 118. The molecule has 0 aliphatic rings. The Kier molecular flexibility index (Phi) is 4.26. The van der Waals surface area contributed by atoms with Gasteiger partial charge in [0.15, 0.2) is 0 Å². The summed E-state index contributed by atoms with van der Waals surface area (Å²) in [5, 5.41) is 0. The molecule has 0 N–H and O–H groups in total. The molecule has 0 heterocycles. The Morgan fingerprint density at radius 2 is 2.25 bits per heavy atom. The quantitative estimate of drug-likeness (QED) is 0.436. The third-order valence-corrected chi connectivity index (χ3v) is 0.929. The van der Waals surface area contributed by atoms with Gasteiger partial charge in [-0.1, -0.05) is 0 Å². The lowest BCUT2D eigenvalue weighted by Crippen LogP contribution is -1.75. The summed E-state index contributed by atoms with van der Waals surface area (Å²) >= 11 is 3.94. The first kappa shape index (κ1) is 7.43. The summed E-state index contributed by atoms with van der Waals surface area (Å²) in [4.78, 5) is 7.08. The van der Waals surface area contributed by atoms with E-state index in [1.54, 1.807) is 0 Å². The summed E-state index contributed by atoms with van der Waals surface area (Å²) in [5.74, 6) is 0.558. The molecule has 0 aromatic carbocycles. The first-order valence-corrected chi connectivity index (χ1v) is 2.71. The van der Waals surface area contributed by atoms with Crippen molar-refractivity contribution in [2.75, 3.05) is 5.75 Å². The molecule has 0 aliphatic heterocycles. The van der Waals surface area contributed by atoms with E-state index in [1.807, 2.05) is 0 Å². The second-order valence-corrected chi connectivity index (χ2v) is 1.44. The third kappa shape index (κ3) is 2.58. The fourth-order valence-corrected chi connectivity index (χ4v) is 0.419. The van der Waals surface area contributed by atoms with Gasteiger partial charge in [0.25, 0.3) is 0 Å². The number of rotatable bonds is 3. The van der Waals surface area contributed by atoms with Gasteiger partial charge in [0, 0.05) is 12.0 Å². The zero-order valence-corrected chi connectivity index (χ0v) is 5.43. The van der Waals surface area contributed by atoms with E-state index < -0.39 is 0 Å². The van der Waals surface area contributed by atoms with E-state index in [0.717, 1.165) is 5.70 Å². The maximum Gasteiger partial charge on any atom is 0.0674 e. The standard InChI is InChI=1S/C5H8N2S/c1-6-3-5(4-8)7-2/h3,8H,1-2,4H2/b5-3-. The Morgan fingerprint density at radius 1 is 1.62 bits per heavy atom. The van der Waals surface area contributed by atoms with Gasteiger partial charge in [-0.25, -0.2) is 0 Å². The molecule has 44 valence electrons. The SMILES string of the molecule is C=N/C=C(/CS)N=C. The number of nitrogens with zero attached hydrogens (tertiary/aromatic N) is 2. The van der Waals surface area contributed by atoms with Crippen molar-refractivity contribution < 1.29 is 0 Å². The van der Waals surface area contributed by atoms with Crippen LogP contribution in [0, 0.1) is 0 Å². The van der Waals surface area contributed by atoms with Gasteiger partial charge in [-0.2, -0.15) is 12.6 Å². The highest BCUT2D eigenvalue weighted by Crippen LogP contribution is 1.96. The minimum atomic E-state index is 0.558. The zero-order valence-electron chi connectivity index (χ0n) is 4.54. The predicted octanol–water partition coefficient (Wildman–Crippen LogP) is 1.16. The molecule has 3 heteroatoms. The highest BCUT2D eigenvalue weighted by atomic mass is 32.1. The molecule has 0 amide bonds. The summed E-state index contributed by atoms with van der Waals surface area (Å²) in [6.45, 7) is 6.54. The van der Waals surface area contributed by atoms with E-state index in [4.69, 9.17) is 0 Å². The molecule has 0 fully saturated rings. The van der Waals surface area contributed by atoms with Crippen LogP contribution in [-0.4, -0.2) is 19.2 Å². The Morgan fingerprint density at radius 3 is 2.38 bits per heavy atom. The van der Waals surface area contributed by atoms with Crippen LogP contribution in [-0.2, 0) is 0 Å². The topological polar surface area (TPSA) is 24.7 Å². The van der Waals surface area contributed by atoms with Gasteiger partial charge < -0.3 is 0 Å². The van der Waals surface area contributed by atoms with Gasteiger partial charge in [-0.3, -0.25) is 9.98 Å². The van der Waals surface area contributed by atoms with Gasteiger partial charge in [-0.15, -0.1) is 0 Å². The van der Waals surface area contributed by atoms with Crippen LogP contribution in [0.4, 0.5) is 0 Å². The molecule has 0 radical (unpaired) electrons. The molecule has 0 bridgehead atoms. The molecule has 0 atom stereocenters. The zero-order chi connectivity index (χ0) is 6.41. The monoisotopic (exact) mass is 128 g/mol. The lowest BCUT2D eigenvalue weighted by Gasteiger charge is -1.87. The van der Waals surface area contributed by atoms with Crippen LogP contribution < -0.4 is 0 Å². The first-order chi connectivity index (χ1) is 3.85. The molecule has 0 saturated carbocycles. The van der Waals surface area contributed by atoms with Crippen LogP contribution in [0.15, 0.2) is 21.9 Å². The lowest BCUT2D eigenvalue weighted by atomic mass is 10.5. The molecule has 0 aliphatic carbocycles. The van der Waals surface area contributed by atoms with E-state index in [-0.39, 0.29) is 0 Å². The molecular weight excluding hydrogens is 120 g/mol. The predicted molar refractivity (Wildman–Crippen MR) is 41.0 cm³/mol. The fourth-order valence-electron chi connectivity index (χ4n) is 0.237. The summed E-state index contributed by atoms with van der Waals surface area (Å²) < 4.78 is 0. The maximum atomic E-state index is 3.94. The highest BCUT2D eigenvalue weighted by molar-refractivity contribution is 7.80. The third-order valence-electron chi connectivity index (χ3n) is 0.605. The van der Waals surface area contributed by atoms with Crippen LogP contribution in [0.2, 0.25) is 0 Å². The number of hydrogen-bond acceptors (Lipinski definition) is 3. The first-order valence-electron chi connectivity index (χ1n) is 2.07. The van der Waals surface area contributed by atoms with Gasteiger partial charge in [-0.05, 0) is 13.4 Å². The number of hydrogen-bond donors (Lipinski definition) is 1. The summed E-state index contributed by atoms with van der Waals surface area (Å²) in [7, 11) is 0. The van der Waals surface area contributed by atoms with Crippen molar-refractivity contribution in [2.45, 2.75) is 0 Å². The van der Waals surface area contributed by atoms with Crippen molar-refractivity contribution in [3.05, 3.63) is 11.9 Å². The molecule has 0 aromatic rings. The van der Waals surface area contributed by atoms with Gasteiger partial charge in [0.05, 0.1) is 5.70 Å². The van der Waals surface area contributed by atoms with Crippen LogP contribution in [0.5, 0.6) is 0 Å². The van der Waals surface area contributed by atoms with Gasteiger partial charge in [0.2, 0.25) is 0 Å². The largest absolute Gasteiger partial charge is 0.271 e. The molecule has 0 saturated heterocycles. The fraction of sp³-hybridized carbons (Fsp3) is 0.200. The Labute approximate surface area is 54.5 Å². The van der Waals surface area contributed by atoms with E-state index in [0.29, 0.717) is 5.75 Å².